The molecule has 0 amide bonds. The molecule has 1 heterocycles. The Kier molecular flexibility index (Phi) is 5.04. The van der Waals surface area contributed by atoms with Crippen molar-refractivity contribution in [2.45, 2.75) is 0 Å². The average Bonchev–Trinajstić information content (AvgIpc) is 3.18. The number of para-hydroxylation sites is 3. The lowest BCUT2D eigenvalue weighted by Crippen LogP contribution is -2.01. The number of rotatable bonds is 5. The highest BCUT2D eigenvalue weighted by Gasteiger charge is 2.19. The summed E-state index contributed by atoms with van der Waals surface area (Å²) in [6, 6.07) is 25.4. The summed E-state index contributed by atoms with van der Waals surface area (Å²) in [5, 5.41) is 5.49. The van der Waals surface area contributed by atoms with Gasteiger partial charge >= 0.3 is 0 Å². The van der Waals surface area contributed by atoms with Crippen LogP contribution >= 0.6 is 11.6 Å². The molecule has 3 aromatic carbocycles. The van der Waals surface area contributed by atoms with Gasteiger partial charge in [-0.25, -0.2) is 4.68 Å². The molecular formula is C23H19ClN2O2. The van der Waals surface area contributed by atoms with Gasteiger partial charge in [-0.2, -0.15) is 5.10 Å². The van der Waals surface area contributed by atoms with Gasteiger partial charge in [0.2, 0.25) is 0 Å². The highest BCUT2D eigenvalue weighted by Crippen LogP contribution is 2.37. The Morgan fingerprint density at radius 2 is 1.32 bits per heavy atom. The van der Waals surface area contributed by atoms with Crippen LogP contribution in [0.1, 0.15) is 0 Å². The second-order valence-electron chi connectivity index (χ2n) is 6.18. The number of halogens is 1. The second kappa shape index (κ2) is 7.79. The van der Waals surface area contributed by atoms with Crippen molar-refractivity contribution in [2.75, 3.05) is 14.2 Å². The molecule has 0 unspecified atom stereocenters. The lowest BCUT2D eigenvalue weighted by molar-refractivity contribution is 0.416. The molecule has 0 bridgehead atoms. The molecule has 0 saturated heterocycles. The van der Waals surface area contributed by atoms with E-state index in [9.17, 15) is 0 Å². The largest absolute Gasteiger partial charge is 0.496 e. The minimum atomic E-state index is 0.619. The van der Waals surface area contributed by atoms with E-state index >= 15 is 0 Å². The van der Waals surface area contributed by atoms with Gasteiger partial charge in [-0.1, -0.05) is 48.0 Å². The lowest BCUT2D eigenvalue weighted by Gasteiger charge is -2.12. The summed E-state index contributed by atoms with van der Waals surface area (Å²) in [5.41, 5.74) is 4.31. The first-order valence-corrected chi connectivity index (χ1v) is 9.22. The van der Waals surface area contributed by atoms with Gasteiger partial charge < -0.3 is 9.47 Å². The first-order valence-electron chi connectivity index (χ1n) is 8.84. The molecule has 0 aliphatic heterocycles. The Balaban J connectivity index is 1.99. The SMILES string of the molecule is COc1ccccc1-c1cc(-c2ccccc2OC)n(-c2ccccc2Cl)n1. The van der Waals surface area contributed by atoms with Crippen LogP contribution in [0, 0.1) is 0 Å². The number of hydrogen-bond donors (Lipinski definition) is 0. The van der Waals surface area contributed by atoms with Crippen LogP contribution in [0.4, 0.5) is 0 Å². The zero-order chi connectivity index (χ0) is 19.5. The van der Waals surface area contributed by atoms with E-state index in [2.05, 4.69) is 0 Å². The van der Waals surface area contributed by atoms with Crippen molar-refractivity contribution in [1.82, 2.24) is 9.78 Å². The summed E-state index contributed by atoms with van der Waals surface area (Å²) in [7, 11) is 3.32. The van der Waals surface area contributed by atoms with Crippen LogP contribution in [0.25, 0.3) is 28.2 Å². The van der Waals surface area contributed by atoms with Crippen molar-refractivity contribution in [3.8, 4) is 39.7 Å². The zero-order valence-corrected chi connectivity index (χ0v) is 16.4. The van der Waals surface area contributed by atoms with E-state index in [0.29, 0.717) is 5.02 Å². The fourth-order valence-corrected chi connectivity index (χ4v) is 3.44. The smallest absolute Gasteiger partial charge is 0.128 e. The molecule has 0 N–H and O–H groups in total. The molecule has 0 saturated carbocycles. The molecule has 0 atom stereocenters. The summed E-state index contributed by atoms with van der Waals surface area (Å²) in [5.74, 6) is 1.53. The molecule has 0 aliphatic rings. The summed E-state index contributed by atoms with van der Waals surface area (Å²) in [6.45, 7) is 0. The minimum Gasteiger partial charge on any atom is -0.496 e. The quantitative estimate of drug-likeness (QED) is 0.427. The van der Waals surface area contributed by atoms with Crippen LogP contribution in [0.3, 0.4) is 0 Å². The molecule has 28 heavy (non-hydrogen) atoms. The summed E-state index contributed by atoms with van der Waals surface area (Å²) >= 11 is 6.49. The summed E-state index contributed by atoms with van der Waals surface area (Å²) < 4.78 is 13.0. The molecule has 1 aromatic heterocycles. The summed E-state index contributed by atoms with van der Waals surface area (Å²) in [6.07, 6.45) is 0. The van der Waals surface area contributed by atoms with Gasteiger partial charge in [0.15, 0.2) is 0 Å². The van der Waals surface area contributed by atoms with Crippen LogP contribution in [-0.4, -0.2) is 24.0 Å². The maximum Gasteiger partial charge on any atom is 0.128 e. The van der Waals surface area contributed by atoms with Gasteiger partial charge in [0, 0.05) is 11.1 Å². The molecule has 4 nitrogen and oxygen atoms in total. The van der Waals surface area contributed by atoms with E-state index in [0.717, 1.165) is 39.7 Å². The Hall–Kier alpha value is -3.24. The van der Waals surface area contributed by atoms with E-state index in [1.54, 1.807) is 14.2 Å². The molecule has 5 heteroatoms. The van der Waals surface area contributed by atoms with Gasteiger partial charge in [0.25, 0.3) is 0 Å². The highest BCUT2D eigenvalue weighted by atomic mass is 35.5. The molecule has 0 radical (unpaired) electrons. The monoisotopic (exact) mass is 390 g/mol. The standard InChI is InChI=1S/C23H19ClN2O2/c1-27-22-13-7-3-9-16(22)19-15-21(17-10-4-8-14-23(17)28-2)26(25-19)20-12-6-5-11-18(20)24/h3-15H,1-2H3. The van der Waals surface area contributed by atoms with Crippen LogP contribution in [0.2, 0.25) is 5.02 Å². The van der Waals surface area contributed by atoms with Gasteiger partial charge in [-0.05, 0) is 42.5 Å². The van der Waals surface area contributed by atoms with E-state index in [1.807, 2.05) is 83.5 Å². The van der Waals surface area contributed by atoms with Gasteiger partial charge in [0.05, 0.1) is 36.3 Å². The van der Waals surface area contributed by atoms with Gasteiger partial charge in [0.1, 0.15) is 11.5 Å². The maximum absolute atomic E-state index is 6.49. The van der Waals surface area contributed by atoms with Crippen molar-refractivity contribution < 1.29 is 9.47 Å². The molecule has 0 spiro atoms. The van der Waals surface area contributed by atoms with Crippen molar-refractivity contribution in [2.24, 2.45) is 0 Å². The van der Waals surface area contributed by atoms with Crippen LogP contribution < -0.4 is 9.47 Å². The number of methoxy groups -OCH3 is 2. The van der Waals surface area contributed by atoms with Crippen LogP contribution in [0.15, 0.2) is 78.9 Å². The highest BCUT2D eigenvalue weighted by molar-refractivity contribution is 6.32. The normalized spacial score (nSPS) is 10.7. The fourth-order valence-electron chi connectivity index (χ4n) is 3.22. The van der Waals surface area contributed by atoms with E-state index in [1.165, 1.54) is 0 Å². The van der Waals surface area contributed by atoms with Crippen molar-refractivity contribution in [3.63, 3.8) is 0 Å². The number of hydrogen-bond acceptors (Lipinski definition) is 3. The van der Waals surface area contributed by atoms with E-state index in [-0.39, 0.29) is 0 Å². The lowest BCUT2D eigenvalue weighted by atomic mass is 10.1. The van der Waals surface area contributed by atoms with Gasteiger partial charge in [-0.15, -0.1) is 0 Å². The third-order valence-electron chi connectivity index (χ3n) is 4.56. The first-order chi connectivity index (χ1) is 13.7. The number of nitrogens with zero attached hydrogens (tertiary/aromatic N) is 2. The number of aromatic nitrogens is 2. The predicted octanol–water partition coefficient (Wildman–Crippen LogP) is 5.88. The second-order valence-corrected chi connectivity index (χ2v) is 6.59. The van der Waals surface area contributed by atoms with E-state index in [4.69, 9.17) is 26.2 Å². The Bertz CT molecular complexity index is 1120. The third-order valence-corrected chi connectivity index (χ3v) is 4.88. The molecule has 4 rings (SSSR count). The topological polar surface area (TPSA) is 36.3 Å². The van der Waals surface area contributed by atoms with Crippen molar-refractivity contribution in [3.05, 3.63) is 83.9 Å². The van der Waals surface area contributed by atoms with Gasteiger partial charge in [-0.3, -0.25) is 0 Å². The zero-order valence-electron chi connectivity index (χ0n) is 15.6. The van der Waals surface area contributed by atoms with Crippen molar-refractivity contribution in [1.29, 1.82) is 0 Å². The summed E-state index contributed by atoms with van der Waals surface area (Å²) in [4.78, 5) is 0. The van der Waals surface area contributed by atoms with Crippen LogP contribution in [0.5, 0.6) is 11.5 Å². The minimum absolute atomic E-state index is 0.619. The average molecular weight is 391 g/mol. The molecule has 4 aromatic rings. The number of ether oxygens (including phenoxy) is 2. The Morgan fingerprint density at radius 3 is 2.00 bits per heavy atom. The molecule has 0 fully saturated rings. The third kappa shape index (κ3) is 3.23. The van der Waals surface area contributed by atoms with Crippen molar-refractivity contribution >= 4 is 11.6 Å². The maximum atomic E-state index is 6.49. The number of benzene rings is 3. The predicted molar refractivity (Wildman–Crippen MR) is 113 cm³/mol. The molecular weight excluding hydrogens is 372 g/mol. The molecule has 0 aliphatic carbocycles. The Labute approximate surface area is 168 Å². The Morgan fingerprint density at radius 1 is 0.750 bits per heavy atom. The van der Waals surface area contributed by atoms with E-state index < -0.39 is 0 Å². The van der Waals surface area contributed by atoms with Crippen LogP contribution in [-0.2, 0) is 0 Å². The first kappa shape index (κ1) is 18.1. The fraction of sp³-hybridized carbons (Fsp3) is 0.0870. The molecule has 140 valence electrons.